The number of hydrogen-bond acceptors (Lipinski definition) is 6. The number of benzene rings is 2. The van der Waals surface area contributed by atoms with Crippen LogP contribution in [0.4, 0.5) is 5.69 Å². The van der Waals surface area contributed by atoms with Gasteiger partial charge in [-0.1, -0.05) is 30.3 Å². The molecule has 0 saturated heterocycles. The minimum absolute atomic E-state index is 0.00587. The van der Waals surface area contributed by atoms with Gasteiger partial charge < -0.3 is 15.0 Å². The third-order valence-corrected chi connectivity index (χ3v) is 5.16. The Kier molecular flexibility index (Phi) is 6.62. The number of anilines is 1. The lowest BCUT2D eigenvalue weighted by Crippen LogP contribution is -2.23. The first-order valence-corrected chi connectivity index (χ1v) is 9.68. The molecule has 0 radical (unpaired) electrons. The number of hydrogen-bond donors (Lipinski definition) is 1. The van der Waals surface area contributed by atoms with E-state index in [4.69, 9.17) is 19.5 Å². The van der Waals surface area contributed by atoms with Crippen molar-refractivity contribution < 1.29 is 23.1 Å². The molecular weight excluding hydrogens is 341 g/mol. The lowest BCUT2D eigenvalue weighted by atomic mass is 10.2. The van der Waals surface area contributed by atoms with Gasteiger partial charge in [0.25, 0.3) is 0 Å². The minimum atomic E-state index is -3.65. The average Bonchev–Trinajstić information content (AvgIpc) is 2.58. The Morgan fingerprint density at radius 2 is 1.76 bits per heavy atom. The maximum atomic E-state index is 13.3. The predicted molar refractivity (Wildman–Crippen MR) is 96.4 cm³/mol. The summed E-state index contributed by atoms with van der Waals surface area (Å²) in [6.07, 6.45) is -1.00. The third-order valence-electron chi connectivity index (χ3n) is 3.28. The molecule has 0 spiro atoms. The van der Waals surface area contributed by atoms with Crippen molar-refractivity contribution >= 4 is 19.3 Å². The van der Waals surface area contributed by atoms with Gasteiger partial charge in [0.1, 0.15) is 5.75 Å². The largest absolute Gasteiger partial charge is 0.464 e. The molecule has 2 aromatic rings. The monoisotopic (exact) mass is 363 g/mol. The molecule has 0 fully saturated rings. The molecule has 0 bridgehead atoms. The number of nitrogen functional groups attached to an aromatic ring is 1. The van der Waals surface area contributed by atoms with Crippen molar-refractivity contribution in [3.8, 4) is 5.75 Å². The number of rotatable bonds is 8. The Morgan fingerprint density at radius 1 is 1.12 bits per heavy atom. The highest BCUT2D eigenvalue weighted by molar-refractivity contribution is 7.53. The van der Waals surface area contributed by atoms with Gasteiger partial charge in [-0.3, -0.25) is 4.52 Å². The molecule has 6 nitrogen and oxygen atoms in total. The lowest BCUT2D eigenvalue weighted by Gasteiger charge is -2.22. The topological polar surface area (TPSA) is 87.9 Å². The normalized spacial score (nSPS) is 14.3. The molecule has 0 aliphatic carbocycles. The van der Waals surface area contributed by atoms with E-state index in [9.17, 15) is 9.36 Å². The first-order chi connectivity index (χ1) is 11.9. The van der Waals surface area contributed by atoms with Crippen LogP contribution in [-0.4, -0.2) is 18.7 Å². The zero-order chi connectivity index (χ0) is 18.3. The smallest absolute Gasteiger partial charge is 0.384 e. The SMILES string of the molecule is CCOC(=O)[C@H](C)OP(=O)(Cc1ccc(N)cc1)Oc1ccccc1. The summed E-state index contributed by atoms with van der Waals surface area (Å²) in [6, 6.07) is 15.6. The number of esters is 1. The molecule has 0 heterocycles. The first kappa shape index (κ1) is 19.0. The van der Waals surface area contributed by atoms with Crippen LogP contribution in [0.2, 0.25) is 0 Å². The first-order valence-electron chi connectivity index (χ1n) is 7.95. The molecule has 0 amide bonds. The van der Waals surface area contributed by atoms with Crippen LogP contribution in [-0.2, 0) is 24.8 Å². The Balaban J connectivity index is 2.21. The van der Waals surface area contributed by atoms with Crippen LogP contribution >= 0.6 is 7.60 Å². The van der Waals surface area contributed by atoms with Crippen LogP contribution in [0.15, 0.2) is 54.6 Å². The zero-order valence-electron chi connectivity index (χ0n) is 14.3. The van der Waals surface area contributed by atoms with Gasteiger partial charge in [-0.25, -0.2) is 9.36 Å². The second kappa shape index (κ2) is 8.70. The van der Waals surface area contributed by atoms with Crippen molar-refractivity contribution in [2.75, 3.05) is 12.3 Å². The Morgan fingerprint density at radius 3 is 2.36 bits per heavy atom. The van der Waals surface area contributed by atoms with Gasteiger partial charge in [-0.2, -0.15) is 0 Å². The number of carbonyl (C=O) groups is 1. The quantitative estimate of drug-likeness (QED) is 0.433. The van der Waals surface area contributed by atoms with Gasteiger partial charge in [0.15, 0.2) is 6.10 Å². The Labute approximate surface area is 147 Å². The van der Waals surface area contributed by atoms with Crippen molar-refractivity contribution in [2.45, 2.75) is 26.1 Å². The maximum Gasteiger partial charge on any atom is 0.384 e. The molecule has 2 rings (SSSR count). The van der Waals surface area contributed by atoms with E-state index in [1.54, 1.807) is 55.5 Å². The van der Waals surface area contributed by atoms with E-state index in [0.29, 0.717) is 11.4 Å². The van der Waals surface area contributed by atoms with E-state index >= 15 is 0 Å². The summed E-state index contributed by atoms with van der Waals surface area (Å²) in [5, 5.41) is 0. The summed E-state index contributed by atoms with van der Waals surface area (Å²) in [5.41, 5.74) is 7.00. The van der Waals surface area contributed by atoms with Crippen molar-refractivity contribution in [3.05, 3.63) is 60.2 Å². The molecule has 0 aliphatic rings. The van der Waals surface area contributed by atoms with Gasteiger partial charge >= 0.3 is 13.6 Å². The van der Waals surface area contributed by atoms with Crippen LogP contribution in [0.1, 0.15) is 19.4 Å². The second-order valence-corrected chi connectivity index (χ2v) is 7.35. The predicted octanol–water partition coefficient (Wildman–Crippen LogP) is 4.01. The molecule has 0 saturated carbocycles. The molecular formula is C18H22NO5P. The van der Waals surface area contributed by atoms with E-state index in [0.717, 1.165) is 5.56 Å². The highest BCUT2D eigenvalue weighted by Gasteiger charge is 2.32. The summed E-state index contributed by atoms with van der Waals surface area (Å²) < 4.78 is 29.3. The molecule has 2 atom stereocenters. The summed E-state index contributed by atoms with van der Waals surface area (Å²) in [5.74, 6) is -0.186. The van der Waals surface area contributed by atoms with Crippen LogP contribution < -0.4 is 10.3 Å². The fourth-order valence-corrected chi connectivity index (χ4v) is 3.97. The van der Waals surface area contributed by atoms with Crippen molar-refractivity contribution in [1.29, 1.82) is 0 Å². The zero-order valence-corrected chi connectivity index (χ0v) is 15.1. The van der Waals surface area contributed by atoms with Gasteiger partial charge in [0.05, 0.1) is 12.8 Å². The van der Waals surface area contributed by atoms with Crippen molar-refractivity contribution in [1.82, 2.24) is 0 Å². The van der Waals surface area contributed by atoms with Crippen LogP contribution in [0, 0.1) is 0 Å². The molecule has 134 valence electrons. The average molecular weight is 363 g/mol. The molecule has 2 aromatic carbocycles. The summed E-state index contributed by atoms with van der Waals surface area (Å²) in [6.45, 7) is 3.40. The number of nitrogens with two attached hydrogens (primary N) is 1. The molecule has 2 N–H and O–H groups in total. The highest BCUT2D eigenvalue weighted by Crippen LogP contribution is 2.52. The minimum Gasteiger partial charge on any atom is -0.464 e. The molecule has 1 unspecified atom stereocenters. The van der Waals surface area contributed by atoms with E-state index in [1.165, 1.54) is 6.92 Å². The lowest BCUT2D eigenvalue weighted by molar-refractivity contribution is -0.150. The Bertz CT molecular complexity index is 733. The summed E-state index contributed by atoms with van der Waals surface area (Å²) in [4.78, 5) is 11.8. The Hall–Kier alpha value is -2.30. The molecule has 25 heavy (non-hydrogen) atoms. The summed E-state index contributed by atoms with van der Waals surface area (Å²) >= 11 is 0. The van der Waals surface area contributed by atoms with Crippen LogP contribution in [0.25, 0.3) is 0 Å². The van der Waals surface area contributed by atoms with Gasteiger partial charge in [-0.15, -0.1) is 0 Å². The van der Waals surface area contributed by atoms with E-state index in [-0.39, 0.29) is 12.8 Å². The van der Waals surface area contributed by atoms with Crippen molar-refractivity contribution in [3.63, 3.8) is 0 Å². The number of ether oxygens (including phenoxy) is 1. The number of para-hydroxylation sites is 1. The molecule has 0 aromatic heterocycles. The van der Waals surface area contributed by atoms with Crippen LogP contribution in [0.3, 0.4) is 0 Å². The van der Waals surface area contributed by atoms with Gasteiger partial charge in [0.2, 0.25) is 0 Å². The fraction of sp³-hybridized carbons (Fsp3) is 0.278. The molecule has 0 aliphatic heterocycles. The fourth-order valence-electron chi connectivity index (χ4n) is 2.12. The third kappa shape index (κ3) is 5.93. The van der Waals surface area contributed by atoms with E-state index < -0.39 is 19.7 Å². The van der Waals surface area contributed by atoms with E-state index in [1.807, 2.05) is 6.07 Å². The summed E-state index contributed by atoms with van der Waals surface area (Å²) in [7, 11) is -3.65. The highest BCUT2D eigenvalue weighted by atomic mass is 31.2. The molecule has 7 heteroatoms. The standard InChI is InChI=1S/C18H22NO5P/c1-3-22-18(20)14(2)23-25(21,24-17-7-5-4-6-8-17)13-15-9-11-16(19)12-10-15/h4-12,14H,3,13,19H2,1-2H3/t14-,25?/m0/s1. The van der Waals surface area contributed by atoms with Gasteiger partial charge in [-0.05, 0) is 43.7 Å². The van der Waals surface area contributed by atoms with Crippen molar-refractivity contribution in [2.24, 2.45) is 0 Å². The van der Waals surface area contributed by atoms with Crippen LogP contribution in [0.5, 0.6) is 5.75 Å². The number of carbonyl (C=O) groups excluding carboxylic acids is 1. The maximum absolute atomic E-state index is 13.3. The van der Waals surface area contributed by atoms with E-state index in [2.05, 4.69) is 0 Å². The van der Waals surface area contributed by atoms with Gasteiger partial charge in [0, 0.05) is 5.69 Å². The second-order valence-electron chi connectivity index (χ2n) is 5.41.